The lowest BCUT2D eigenvalue weighted by Gasteiger charge is -2.08. The Bertz CT molecular complexity index is 747. The maximum Gasteiger partial charge on any atom is 0.426 e. The molecule has 0 saturated heterocycles. The number of terminal acetylenes is 1. The molecule has 1 aliphatic rings. The quantitative estimate of drug-likeness (QED) is 0.525. The predicted molar refractivity (Wildman–Crippen MR) is 91.3 cm³/mol. The molecule has 0 bridgehead atoms. The second-order valence-corrected chi connectivity index (χ2v) is 6.99. The van der Waals surface area contributed by atoms with Gasteiger partial charge < -0.3 is 9.47 Å². The summed E-state index contributed by atoms with van der Waals surface area (Å²) in [5, 5.41) is -1.22. The number of ether oxygens (including phenoxy) is 2. The summed E-state index contributed by atoms with van der Waals surface area (Å²) in [5.41, 5.74) is 0.0481. The minimum Gasteiger partial charge on any atom is -0.481 e. The van der Waals surface area contributed by atoms with Crippen LogP contribution in [0.2, 0.25) is 0 Å². The Morgan fingerprint density at radius 2 is 2.12 bits per heavy atom. The van der Waals surface area contributed by atoms with Crippen LogP contribution in [0.25, 0.3) is 0 Å². The first-order chi connectivity index (χ1) is 12.1. The van der Waals surface area contributed by atoms with Gasteiger partial charge in [-0.05, 0) is 29.0 Å². The second kappa shape index (κ2) is 7.63. The topological polar surface area (TPSA) is 35.5 Å². The van der Waals surface area contributed by atoms with Crippen molar-refractivity contribution < 1.29 is 27.4 Å². The molecule has 0 radical (unpaired) electrons. The average molecular weight is 387 g/mol. The van der Waals surface area contributed by atoms with Gasteiger partial charge in [0.2, 0.25) is 0 Å². The maximum absolute atomic E-state index is 12.6. The molecule has 7 heteroatoms. The zero-order valence-corrected chi connectivity index (χ0v) is 15.0. The van der Waals surface area contributed by atoms with E-state index >= 15 is 0 Å². The largest absolute Gasteiger partial charge is 0.481 e. The van der Waals surface area contributed by atoms with E-state index in [1.165, 1.54) is 0 Å². The Kier molecular flexibility index (Phi) is 5.92. The van der Waals surface area contributed by atoms with Crippen molar-refractivity contribution in [1.82, 2.24) is 0 Å². The van der Waals surface area contributed by atoms with Crippen molar-refractivity contribution in [2.75, 3.05) is 6.61 Å². The maximum atomic E-state index is 12.6. The number of alkyl halides is 3. The van der Waals surface area contributed by atoms with Crippen molar-refractivity contribution in [1.29, 1.82) is 0 Å². The SMILES string of the molecule is C#CCOc1cccc(COC(=O)C2C(C=C(Cl)C(F)(F)F)C2(C)C)c1. The molecule has 140 valence electrons. The molecule has 0 heterocycles. The van der Waals surface area contributed by atoms with E-state index in [4.69, 9.17) is 27.5 Å². The molecule has 0 aliphatic heterocycles. The lowest BCUT2D eigenvalue weighted by Crippen LogP contribution is -2.11. The Balaban J connectivity index is 1.97. The molecule has 1 saturated carbocycles. The summed E-state index contributed by atoms with van der Waals surface area (Å²) in [4.78, 5) is 12.3. The van der Waals surface area contributed by atoms with Gasteiger partial charge in [-0.3, -0.25) is 4.79 Å². The van der Waals surface area contributed by atoms with Crippen LogP contribution in [0.15, 0.2) is 35.4 Å². The fraction of sp³-hybridized carbons (Fsp3) is 0.421. The average Bonchev–Trinajstić information content (AvgIpc) is 3.10. The molecule has 1 fully saturated rings. The molecule has 0 spiro atoms. The number of esters is 1. The van der Waals surface area contributed by atoms with Gasteiger partial charge >= 0.3 is 12.1 Å². The van der Waals surface area contributed by atoms with Gasteiger partial charge in [-0.15, -0.1) is 6.42 Å². The fourth-order valence-corrected chi connectivity index (χ4v) is 2.92. The summed E-state index contributed by atoms with van der Waals surface area (Å²) in [6.07, 6.45) is 1.40. The lowest BCUT2D eigenvalue weighted by molar-refractivity contribution is -0.147. The monoisotopic (exact) mass is 386 g/mol. The van der Waals surface area contributed by atoms with E-state index < -0.39 is 34.4 Å². The van der Waals surface area contributed by atoms with Gasteiger partial charge in [-0.25, -0.2) is 0 Å². The molecule has 2 rings (SSSR count). The van der Waals surface area contributed by atoms with Crippen molar-refractivity contribution in [3.05, 3.63) is 40.9 Å². The molecule has 0 amide bonds. The summed E-state index contributed by atoms with van der Waals surface area (Å²) in [5.74, 6) is 1.05. The van der Waals surface area contributed by atoms with E-state index in [-0.39, 0.29) is 13.2 Å². The molecular weight excluding hydrogens is 369 g/mol. The summed E-state index contributed by atoms with van der Waals surface area (Å²) in [6, 6.07) is 6.86. The summed E-state index contributed by atoms with van der Waals surface area (Å²) >= 11 is 5.28. The highest BCUT2D eigenvalue weighted by Gasteiger charge is 2.62. The van der Waals surface area contributed by atoms with Crippen LogP contribution in [-0.2, 0) is 16.1 Å². The van der Waals surface area contributed by atoms with E-state index in [2.05, 4.69) is 5.92 Å². The standard InChI is InChI=1S/C19H18ClF3O3/c1-4-8-25-13-7-5-6-12(9-13)11-26-17(24)16-14(18(16,2)3)10-15(20)19(21,22)23/h1,5-7,9-10,14,16H,8,11H2,2-3H3. The van der Waals surface area contributed by atoms with Gasteiger partial charge in [-0.2, -0.15) is 13.2 Å². The molecule has 1 aromatic rings. The van der Waals surface area contributed by atoms with E-state index in [0.717, 1.165) is 6.08 Å². The first-order valence-corrected chi connectivity index (χ1v) is 8.21. The third kappa shape index (κ3) is 4.73. The smallest absolute Gasteiger partial charge is 0.426 e. The number of hydrogen-bond acceptors (Lipinski definition) is 3. The van der Waals surface area contributed by atoms with Gasteiger partial charge in [0.25, 0.3) is 0 Å². The van der Waals surface area contributed by atoms with Crippen LogP contribution in [0, 0.1) is 29.6 Å². The van der Waals surface area contributed by atoms with Gasteiger partial charge in [-0.1, -0.05) is 49.6 Å². The van der Waals surface area contributed by atoms with Crippen molar-refractivity contribution in [3.8, 4) is 18.1 Å². The van der Waals surface area contributed by atoms with Crippen molar-refractivity contribution in [3.63, 3.8) is 0 Å². The highest BCUT2D eigenvalue weighted by Crippen LogP contribution is 2.60. The third-order valence-electron chi connectivity index (χ3n) is 4.36. The summed E-state index contributed by atoms with van der Waals surface area (Å²) < 4.78 is 48.3. The number of benzene rings is 1. The van der Waals surface area contributed by atoms with Crippen LogP contribution in [-0.4, -0.2) is 18.8 Å². The molecule has 2 unspecified atom stereocenters. The molecule has 1 aliphatic carbocycles. The first kappa shape index (κ1) is 20.2. The minimum atomic E-state index is -4.62. The Hall–Kier alpha value is -2.13. The molecule has 3 nitrogen and oxygen atoms in total. The normalized spacial score (nSPS) is 21.7. The Morgan fingerprint density at radius 3 is 2.73 bits per heavy atom. The van der Waals surface area contributed by atoms with E-state index in [9.17, 15) is 18.0 Å². The van der Waals surface area contributed by atoms with Crippen LogP contribution in [0.3, 0.4) is 0 Å². The molecule has 1 aromatic carbocycles. The molecule has 0 N–H and O–H groups in total. The third-order valence-corrected chi connectivity index (χ3v) is 4.70. The number of rotatable bonds is 6. The second-order valence-electron chi connectivity index (χ2n) is 6.59. The lowest BCUT2D eigenvalue weighted by atomic mass is 10.1. The fourth-order valence-electron chi connectivity index (χ4n) is 2.79. The molecule has 26 heavy (non-hydrogen) atoms. The highest BCUT2D eigenvalue weighted by atomic mass is 35.5. The number of carbonyl (C=O) groups excluding carboxylic acids is 1. The minimum absolute atomic E-state index is 0.0118. The number of hydrogen-bond donors (Lipinski definition) is 0. The zero-order chi connectivity index (χ0) is 19.5. The van der Waals surface area contributed by atoms with Crippen molar-refractivity contribution in [2.45, 2.75) is 26.6 Å². The molecular formula is C19H18ClF3O3. The van der Waals surface area contributed by atoms with Gasteiger partial charge in [0, 0.05) is 0 Å². The summed E-state index contributed by atoms with van der Waals surface area (Å²) in [6.45, 7) is 3.51. The first-order valence-electron chi connectivity index (χ1n) is 7.83. The number of halogens is 4. The van der Waals surface area contributed by atoms with Crippen LogP contribution >= 0.6 is 11.6 Å². The Labute approximate surface area is 155 Å². The van der Waals surface area contributed by atoms with Crippen molar-refractivity contribution >= 4 is 17.6 Å². The van der Waals surface area contributed by atoms with Crippen LogP contribution in [0.4, 0.5) is 13.2 Å². The number of allylic oxidation sites excluding steroid dienone is 2. The molecule has 2 atom stereocenters. The van der Waals surface area contributed by atoms with Crippen LogP contribution < -0.4 is 4.74 Å². The highest BCUT2D eigenvalue weighted by molar-refractivity contribution is 6.30. The van der Waals surface area contributed by atoms with Crippen LogP contribution in [0.1, 0.15) is 19.4 Å². The van der Waals surface area contributed by atoms with Gasteiger partial charge in [0.15, 0.2) is 0 Å². The van der Waals surface area contributed by atoms with Crippen molar-refractivity contribution in [2.24, 2.45) is 17.3 Å². The summed E-state index contributed by atoms with van der Waals surface area (Å²) in [7, 11) is 0. The van der Waals surface area contributed by atoms with Gasteiger partial charge in [0.05, 0.1) is 5.92 Å². The van der Waals surface area contributed by atoms with E-state index in [1.54, 1.807) is 38.1 Å². The zero-order valence-electron chi connectivity index (χ0n) is 14.3. The van der Waals surface area contributed by atoms with Gasteiger partial charge in [0.1, 0.15) is 24.0 Å². The van der Waals surface area contributed by atoms with E-state index in [0.29, 0.717) is 11.3 Å². The predicted octanol–water partition coefficient (Wildman–Crippen LogP) is 4.70. The Morgan fingerprint density at radius 1 is 1.42 bits per heavy atom. The van der Waals surface area contributed by atoms with E-state index in [1.807, 2.05) is 0 Å². The van der Waals surface area contributed by atoms with Crippen LogP contribution in [0.5, 0.6) is 5.75 Å². The molecule has 0 aromatic heterocycles. The number of carbonyl (C=O) groups is 1.